The van der Waals surface area contributed by atoms with E-state index in [0.717, 1.165) is 6.07 Å². The van der Waals surface area contributed by atoms with Gasteiger partial charge >= 0.3 is 7.12 Å². The van der Waals surface area contributed by atoms with Crippen LogP contribution >= 0.6 is 0 Å². The summed E-state index contributed by atoms with van der Waals surface area (Å²) in [6.07, 6.45) is 0. The van der Waals surface area contributed by atoms with Crippen molar-refractivity contribution in [3.8, 4) is 5.75 Å². The predicted molar refractivity (Wildman–Crippen MR) is 103 cm³/mol. The van der Waals surface area contributed by atoms with Crippen molar-refractivity contribution >= 4 is 20.9 Å². The summed E-state index contributed by atoms with van der Waals surface area (Å²) in [6.45, 7) is 16.2. The third-order valence-electron chi connectivity index (χ3n) is 5.35. The van der Waals surface area contributed by atoms with Crippen molar-refractivity contribution in [2.24, 2.45) is 0 Å². The van der Waals surface area contributed by atoms with E-state index in [-0.39, 0.29) is 16.3 Å². The van der Waals surface area contributed by atoms with E-state index in [0.29, 0.717) is 0 Å². The van der Waals surface area contributed by atoms with Crippen LogP contribution < -0.4 is 9.89 Å². The number of halogens is 2. The maximum atomic E-state index is 14.2. The van der Waals surface area contributed by atoms with Crippen LogP contribution in [-0.4, -0.2) is 36.8 Å². The van der Waals surface area contributed by atoms with Crippen LogP contribution in [0.5, 0.6) is 5.75 Å². The molecular formula is C18H31BF2O4Si. The molecular weight excluding hydrogens is 357 g/mol. The fourth-order valence-electron chi connectivity index (χ4n) is 1.76. The Morgan fingerprint density at radius 1 is 1.00 bits per heavy atom. The van der Waals surface area contributed by atoms with Crippen molar-refractivity contribution in [2.45, 2.75) is 77.8 Å². The molecule has 2 N–H and O–H groups in total. The molecule has 0 fully saturated rings. The molecule has 0 bridgehead atoms. The van der Waals surface area contributed by atoms with E-state index >= 15 is 0 Å². The van der Waals surface area contributed by atoms with Crippen LogP contribution in [0.3, 0.4) is 0 Å². The molecule has 1 aromatic rings. The summed E-state index contributed by atoms with van der Waals surface area (Å²) < 4.78 is 39.8. The molecule has 1 aromatic carbocycles. The first-order valence-electron chi connectivity index (χ1n) is 8.65. The summed E-state index contributed by atoms with van der Waals surface area (Å²) in [6, 6.07) is 2.23. The van der Waals surface area contributed by atoms with E-state index in [2.05, 4.69) is 0 Å². The molecule has 26 heavy (non-hydrogen) atoms. The lowest BCUT2D eigenvalue weighted by Gasteiger charge is -2.38. The number of hydrogen-bond donors (Lipinski definition) is 2. The summed E-state index contributed by atoms with van der Waals surface area (Å²) in [5.41, 5.74) is -2.87. The van der Waals surface area contributed by atoms with Crippen molar-refractivity contribution < 1.29 is 28.0 Å². The van der Waals surface area contributed by atoms with Gasteiger partial charge in [-0.15, -0.1) is 0 Å². The fourth-order valence-corrected chi connectivity index (χ4v) is 2.77. The Hall–Kier alpha value is -0.958. The van der Waals surface area contributed by atoms with Gasteiger partial charge in [-0.3, -0.25) is 0 Å². The summed E-state index contributed by atoms with van der Waals surface area (Å²) >= 11 is 0. The highest BCUT2D eigenvalue weighted by molar-refractivity contribution is 6.74. The highest BCUT2D eigenvalue weighted by Crippen LogP contribution is 2.37. The van der Waals surface area contributed by atoms with Gasteiger partial charge in [-0.1, -0.05) is 20.8 Å². The highest BCUT2D eigenvalue weighted by atomic mass is 28.4. The van der Waals surface area contributed by atoms with Crippen LogP contribution in [0.4, 0.5) is 8.78 Å². The first kappa shape index (κ1) is 23.1. The van der Waals surface area contributed by atoms with E-state index in [4.69, 9.17) is 9.08 Å². The molecule has 0 saturated heterocycles. The van der Waals surface area contributed by atoms with Crippen LogP contribution in [0, 0.1) is 11.6 Å². The van der Waals surface area contributed by atoms with Crippen LogP contribution in [0.2, 0.25) is 18.1 Å². The zero-order chi connectivity index (χ0) is 20.7. The molecule has 1 rings (SSSR count). The third-order valence-corrected chi connectivity index (χ3v) is 9.71. The topological polar surface area (TPSA) is 58.9 Å². The molecule has 0 radical (unpaired) electrons. The molecule has 0 aliphatic heterocycles. The van der Waals surface area contributed by atoms with Crippen LogP contribution in [-0.2, 0) is 4.65 Å². The molecule has 0 aliphatic rings. The van der Waals surface area contributed by atoms with Crippen molar-refractivity contribution in [3.05, 3.63) is 23.8 Å². The maximum Gasteiger partial charge on any atom is 0.494 e. The van der Waals surface area contributed by atoms with Crippen LogP contribution in [0.1, 0.15) is 48.5 Å². The summed E-state index contributed by atoms with van der Waals surface area (Å²) in [5.74, 6) is -2.18. The SMILES string of the molecule is CC(C)(O)C(C)(C)OB(O)c1cc(O[Si](C)(C)C(C)(C)C)cc(F)c1F. The van der Waals surface area contributed by atoms with E-state index in [1.165, 1.54) is 19.9 Å². The molecule has 0 aliphatic carbocycles. The van der Waals surface area contributed by atoms with Gasteiger partial charge in [0.2, 0.25) is 8.32 Å². The Kier molecular flexibility index (Phi) is 6.41. The maximum absolute atomic E-state index is 14.2. The Morgan fingerprint density at radius 3 is 1.92 bits per heavy atom. The lowest BCUT2D eigenvalue weighted by molar-refractivity contribution is -0.0983. The number of hydrogen-bond acceptors (Lipinski definition) is 4. The fraction of sp³-hybridized carbons (Fsp3) is 0.667. The van der Waals surface area contributed by atoms with Crippen LogP contribution in [0.15, 0.2) is 12.1 Å². The van der Waals surface area contributed by atoms with Gasteiger partial charge in [0, 0.05) is 11.5 Å². The Labute approximate surface area is 156 Å². The lowest BCUT2D eigenvalue weighted by Crippen LogP contribution is -2.53. The summed E-state index contributed by atoms with van der Waals surface area (Å²) in [5, 5.41) is 20.3. The molecule has 0 saturated carbocycles. The van der Waals surface area contributed by atoms with Gasteiger partial charge in [0.1, 0.15) is 5.75 Å². The quantitative estimate of drug-likeness (QED) is 0.732. The molecule has 148 valence electrons. The normalized spacial score (nSPS) is 13.7. The molecule has 0 aromatic heterocycles. The standard InChI is InChI=1S/C18H31BF2O4Si/c1-16(2,3)26(8,9)24-12-10-13(15(21)14(20)11-12)19(23)25-18(6,7)17(4,5)22/h10-11,22-23H,1-9H3. The molecule has 0 atom stereocenters. The Bertz CT molecular complexity index is 652. The second kappa shape index (κ2) is 7.22. The van der Waals surface area contributed by atoms with Crippen molar-refractivity contribution in [3.63, 3.8) is 0 Å². The molecule has 0 amide bonds. The second-order valence-corrected chi connectivity index (χ2v) is 13.9. The average Bonchev–Trinajstić information content (AvgIpc) is 2.38. The van der Waals surface area contributed by atoms with E-state index < -0.39 is 38.3 Å². The van der Waals surface area contributed by atoms with E-state index in [1.54, 1.807) is 13.8 Å². The van der Waals surface area contributed by atoms with E-state index in [1.807, 2.05) is 33.9 Å². The third kappa shape index (κ3) is 5.06. The van der Waals surface area contributed by atoms with Crippen LogP contribution in [0.25, 0.3) is 0 Å². The minimum Gasteiger partial charge on any atom is -0.543 e. The predicted octanol–water partition coefficient (Wildman–Crippen LogP) is 3.60. The lowest BCUT2D eigenvalue weighted by atomic mass is 9.76. The Balaban J connectivity index is 3.23. The monoisotopic (exact) mass is 388 g/mol. The summed E-state index contributed by atoms with van der Waals surface area (Å²) in [4.78, 5) is 0. The summed E-state index contributed by atoms with van der Waals surface area (Å²) in [7, 11) is -4.03. The first-order chi connectivity index (χ1) is 11.4. The van der Waals surface area contributed by atoms with Gasteiger partial charge in [-0.05, 0) is 51.9 Å². The van der Waals surface area contributed by atoms with Gasteiger partial charge in [-0.2, -0.15) is 0 Å². The Morgan fingerprint density at radius 2 is 1.50 bits per heavy atom. The largest absolute Gasteiger partial charge is 0.543 e. The first-order valence-corrected chi connectivity index (χ1v) is 11.6. The van der Waals surface area contributed by atoms with Crippen molar-refractivity contribution in [1.29, 1.82) is 0 Å². The van der Waals surface area contributed by atoms with Gasteiger partial charge in [0.25, 0.3) is 0 Å². The average molecular weight is 388 g/mol. The number of rotatable bonds is 6. The zero-order valence-electron chi connectivity index (χ0n) is 17.2. The molecule has 0 spiro atoms. The minimum absolute atomic E-state index is 0.129. The number of benzene rings is 1. The zero-order valence-corrected chi connectivity index (χ0v) is 18.2. The minimum atomic E-state index is -2.27. The van der Waals surface area contributed by atoms with Gasteiger partial charge in [0.15, 0.2) is 11.6 Å². The van der Waals surface area contributed by atoms with Crippen molar-refractivity contribution in [2.75, 3.05) is 0 Å². The number of aliphatic hydroxyl groups is 1. The molecule has 4 nitrogen and oxygen atoms in total. The van der Waals surface area contributed by atoms with E-state index in [9.17, 15) is 18.9 Å². The van der Waals surface area contributed by atoms with Crippen molar-refractivity contribution in [1.82, 2.24) is 0 Å². The van der Waals surface area contributed by atoms with Gasteiger partial charge < -0.3 is 19.2 Å². The smallest absolute Gasteiger partial charge is 0.494 e. The highest BCUT2D eigenvalue weighted by Gasteiger charge is 2.42. The van der Waals surface area contributed by atoms with Gasteiger partial charge in [0.05, 0.1) is 11.2 Å². The molecule has 8 heteroatoms. The second-order valence-electron chi connectivity index (χ2n) is 9.21. The molecule has 0 heterocycles. The van der Waals surface area contributed by atoms with Gasteiger partial charge in [-0.25, -0.2) is 8.78 Å². The molecule has 0 unspecified atom stereocenters.